The molecule has 0 aromatic heterocycles. The molecule has 1 amide bonds. The highest BCUT2D eigenvalue weighted by Gasteiger charge is 2.54. The highest BCUT2D eigenvalue weighted by molar-refractivity contribution is 5.83. The highest BCUT2D eigenvalue weighted by atomic mass is 16.4. The van der Waals surface area contributed by atoms with E-state index in [-0.39, 0.29) is 11.8 Å². The fraction of sp³-hybridized carbons (Fsp3) is 0.882. The van der Waals surface area contributed by atoms with E-state index in [1.807, 2.05) is 0 Å². The van der Waals surface area contributed by atoms with E-state index in [9.17, 15) is 9.59 Å². The van der Waals surface area contributed by atoms with Crippen molar-refractivity contribution >= 4 is 11.9 Å². The van der Waals surface area contributed by atoms with Crippen molar-refractivity contribution in [2.24, 2.45) is 23.2 Å². The molecule has 0 aromatic carbocycles. The van der Waals surface area contributed by atoms with E-state index >= 15 is 0 Å². The Morgan fingerprint density at radius 3 is 2.05 bits per heavy atom. The molecule has 0 unspecified atom stereocenters. The summed E-state index contributed by atoms with van der Waals surface area (Å²) in [7, 11) is 0. The van der Waals surface area contributed by atoms with Crippen LogP contribution in [0, 0.1) is 23.2 Å². The van der Waals surface area contributed by atoms with Crippen molar-refractivity contribution in [2.75, 3.05) is 6.54 Å². The third-order valence-corrected chi connectivity index (χ3v) is 5.87. The first-order chi connectivity index (χ1) is 10.1. The molecule has 2 N–H and O–H groups in total. The quantitative estimate of drug-likeness (QED) is 0.709. The van der Waals surface area contributed by atoms with Gasteiger partial charge in [0.15, 0.2) is 0 Å². The van der Waals surface area contributed by atoms with E-state index in [0.717, 1.165) is 49.9 Å². The molecule has 0 spiro atoms. The molecule has 4 aliphatic rings. The zero-order valence-corrected chi connectivity index (χ0v) is 12.8. The van der Waals surface area contributed by atoms with Gasteiger partial charge in [-0.2, -0.15) is 0 Å². The molecular formula is C17H27NO3. The number of aliphatic carboxylic acids is 1. The van der Waals surface area contributed by atoms with Crippen LogP contribution in [0.2, 0.25) is 0 Å². The average Bonchev–Trinajstić information content (AvgIpc) is 2.40. The van der Waals surface area contributed by atoms with Crippen LogP contribution in [0.15, 0.2) is 0 Å². The van der Waals surface area contributed by atoms with Crippen LogP contribution in [0.1, 0.15) is 64.2 Å². The Kier molecular flexibility index (Phi) is 4.23. The lowest BCUT2D eigenvalue weighted by molar-refractivity contribution is -0.146. The van der Waals surface area contributed by atoms with E-state index < -0.39 is 5.97 Å². The van der Waals surface area contributed by atoms with Gasteiger partial charge in [-0.3, -0.25) is 9.59 Å². The Morgan fingerprint density at radius 1 is 0.952 bits per heavy atom. The summed E-state index contributed by atoms with van der Waals surface area (Å²) in [4.78, 5) is 23.1. The van der Waals surface area contributed by atoms with Crippen LogP contribution in [0.4, 0.5) is 0 Å². The summed E-state index contributed by atoms with van der Waals surface area (Å²) in [6, 6.07) is 0. The number of carboxylic acids is 1. The van der Waals surface area contributed by atoms with Gasteiger partial charge in [0.2, 0.25) is 5.91 Å². The van der Waals surface area contributed by atoms with Gasteiger partial charge in [-0.25, -0.2) is 0 Å². The minimum atomic E-state index is -0.729. The number of carboxylic acid groups (broad SMARTS) is 1. The zero-order chi connectivity index (χ0) is 14.9. The third kappa shape index (κ3) is 3.24. The predicted octanol–water partition coefficient (Wildman–Crippen LogP) is 2.96. The minimum absolute atomic E-state index is 0.0458. The van der Waals surface area contributed by atoms with Crippen molar-refractivity contribution in [1.82, 2.24) is 5.32 Å². The molecule has 4 rings (SSSR count). The average molecular weight is 293 g/mol. The first-order valence-electron chi connectivity index (χ1n) is 8.57. The van der Waals surface area contributed by atoms with Gasteiger partial charge in [0.05, 0.1) is 0 Å². The normalized spacial score (nSPS) is 36.7. The van der Waals surface area contributed by atoms with Crippen LogP contribution >= 0.6 is 0 Å². The lowest BCUT2D eigenvalue weighted by atomic mass is 9.49. The van der Waals surface area contributed by atoms with Gasteiger partial charge in [0.25, 0.3) is 0 Å². The second-order valence-corrected chi connectivity index (χ2v) is 7.66. The number of carbonyl (C=O) groups excluding carboxylic acids is 1. The Hall–Kier alpha value is -1.06. The molecule has 21 heavy (non-hydrogen) atoms. The summed E-state index contributed by atoms with van der Waals surface area (Å²) < 4.78 is 0. The summed E-state index contributed by atoms with van der Waals surface area (Å²) in [6.45, 7) is 0.709. The van der Waals surface area contributed by atoms with Gasteiger partial charge in [-0.1, -0.05) is 6.42 Å². The molecule has 118 valence electrons. The summed E-state index contributed by atoms with van der Waals surface area (Å²) >= 11 is 0. The smallest absolute Gasteiger partial charge is 0.303 e. The summed E-state index contributed by atoms with van der Waals surface area (Å²) in [5, 5.41) is 11.7. The third-order valence-electron chi connectivity index (χ3n) is 5.87. The maximum atomic E-state index is 12.6. The Bertz CT molecular complexity index is 383. The van der Waals surface area contributed by atoms with Gasteiger partial charge in [0, 0.05) is 18.4 Å². The summed E-state index contributed by atoms with van der Waals surface area (Å²) in [6.07, 6.45) is 10.2. The lowest BCUT2D eigenvalue weighted by Gasteiger charge is -2.55. The van der Waals surface area contributed by atoms with E-state index in [0.29, 0.717) is 18.9 Å². The van der Waals surface area contributed by atoms with Crippen molar-refractivity contribution in [3.63, 3.8) is 0 Å². The van der Waals surface area contributed by atoms with Gasteiger partial charge in [-0.05, 0) is 69.1 Å². The SMILES string of the molecule is O=C(O)CCCCCNC(=O)C12CC3CC(CC(C3)C1)C2. The van der Waals surface area contributed by atoms with Crippen molar-refractivity contribution in [3.05, 3.63) is 0 Å². The van der Waals surface area contributed by atoms with Crippen LogP contribution in [-0.2, 0) is 9.59 Å². The topological polar surface area (TPSA) is 66.4 Å². The second kappa shape index (κ2) is 5.98. The fourth-order valence-corrected chi connectivity index (χ4v) is 5.36. The van der Waals surface area contributed by atoms with E-state index in [1.165, 1.54) is 19.3 Å². The zero-order valence-electron chi connectivity index (χ0n) is 12.8. The second-order valence-electron chi connectivity index (χ2n) is 7.66. The van der Waals surface area contributed by atoms with Crippen LogP contribution < -0.4 is 5.32 Å². The van der Waals surface area contributed by atoms with Crippen LogP contribution in [0.5, 0.6) is 0 Å². The van der Waals surface area contributed by atoms with E-state index in [2.05, 4.69) is 5.32 Å². The highest BCUT2D eigenvalue weighted by Crippen LogP contribution is 2.60. The first-order valence-corrected chi connectivity index (χ1v) is 8.57. The summed E-state index contributed by atoms with van der Waals surface area (Å²) in [5.74, 6) is 1.97. The Labute approximate surface area is 126 Å². The largest absolute Gasteiger partial charge is 0.481 e. The fourth-order valence-electron chi connectivity index (χ4n) is 5.36. The van der Waals surface area contributed by atoms with Gasteiger partial charge in [-0.15, -0.1) is 0 Å². The van der Waals surface area contributed by atoms with Crippen molar-refractivity contribution in [3.8, 4) is 0 Å². The number of rotatable bonds is 7. The molecule has 4 nitrogen and oxygen atoms in total. The van der Waals surface area contributed by atoms with Crippen molar-refractivity contribution in [1.29, 1.82) is 0 Å². The predicted molar refractivity (Wildman–Crippen MR) is 79.7 cm³/mol. The molecule has 4 aliphatic carbocycles. The van der Waals surface area contributed by atoms with Gasteiger partial charge >= 0.3 is 5.97 Å². The molecular weight excluding hydrogens is 266 g/mol. The van der Waals surface area contributed by atoms with Gasteiger partial charge < -0.3 is 10.4 Å². The molecule has 4 bridgehead atoms. The molecule has 0 atom stereocenters. The molecule has 4 fully saturated rings. The maximum absolute atomic E-state index is 12.6. The summed E-state index contributed by atoms with van der Waals surface area (Å²) in [5.41, 5.74) is -0.0458. The number of hydrogen-bond acceptors (Lipinski definition) is 2. The van der Waals surface area contributed by atoms with Crippen LogP contribution in [0.3, 0.4) is 0 Å². The molecule has 0 aromatic rings. The van der Waals surface area contributed by atoms with Crippen molar-refractivity contribution in [2.45, 2.75) is 64.2 Å². The Balaban J connectivity index is 1.42. The molecule has 0 saturated heterocycles. The Morgan fingerprint density at radius 2 is 1.52 bits per heavy atom. The molecule has 0 radical (unpaired) electrons. The standard InChI is InChI=1S/C17H27NO3/c19-15(20)4-2-1-3-5-18-16(21)17-9-12-6-13(10-17)8-14(7-12)11-17/h12-14H,1-11H2,(H,18,21)(H,19,20). The van der Waals surface area contributed by atoms with E-state index in [4.69, 9.17) is 5.11 Å². The first kappa shape index (κ1) is 14.9. The number of amides is 1. The van der Waals surface area contributed by atoms with Crippen LogP contribution in [0.25, 0.3) is 0 Å². The minimum Gasteiger partial charge on any atom is -0.481 e. The van der Waals surface area contributed by atoms with Crippen LogP contribution in [-0.4, -0.2) is 23.5 Å². The number of nitrogens with one attached hydrogen (secondary N) is 1. The molecule has 4 saturated carbocycles. The number of hydrogen-bond donors (Lipinski definition) is 2. The number of carbonyl (C=O) groups is 2. The number of unbranched alkanes of at least 4 members (excludes halogenated alkanes) is 2. The van der Waals surface area contributed by atoms with Gasteiger partial charge in [0.1, 0.15) is 0 Å². The monoisotopic (exact) mass is 293 g/mol. The maximum Gasteiger partial charge on any atom is 0.303 e. The van der Waals surface area contributed by atoms with Crippen molar-refractivity contribution < 1.29 is 14.7 Å². The molecule has 4 heteroatoms. The van der Waals surface area contributed by atoms with E-state index in [1.54, 1.807) is 0 Å². The molecule has 0 heterocycles. The molecule has 0 aliphatic heterocycles. The lowest BCUT2D eigenvalue weighted by Crippen LogP contribution is -2.53.